The van der Waals surface area contributed by atoms with E-state index in [4.69, 9.17) is 10.5 Å². The summed E-state index contributed by atoms with van der Waals surface area (Å²) in [7, 11) is 0. The van der Waals surface area contributed by atoms with Crippen LogP contribution in [0.1, 0.15) is 16.2 Å². The number of carbonyl (C=O) groups is 1. The number of nitrogens with two attached hydrogens (primary N) is 1. The van der Waals surface area contributed by atoms with E-state index in [1.165, 1.54) is 12.1 Å². The Morgan fingerprint density at radius 3 is 2.45 bits per heavy atom. The molecule has 3 aromatic carbocycles. The fourth-order valence-electron chi connectivity index (χ4n) is 3.05. The maximum absolute atomic E-state index is 14.9. The predicted octanol–water partition coefficient (Wildman–Crippen LogP) is 4.23. The molecule has 1 amide bonds. The number of nitrogens with zero attached hydrogens (tertiary/aromatic N) is 2. The highest BCUT2D eigenvalue weighted by atomic mass is 19.1. The SMILES string of the molecule is NC(=O)c1nc(-c2ccc(F)c(-c3ccccc3)c2OCc2cc(F)ccc2F)n[nH]1. The third-order valence-electron chi connectivity index (χ3n) is 4.51. The second kappa shape index (κ2) is 8.31. The molecule has 0 saturated heterocycles. The second-order valence-electron chi connectivity index (χ2n) is 6.56. The second-order valence-corrected chi connectivity index (χ2v) is 6.56. The molecule has 3 N–H and O–H groups in total. The zero-order valence-electron chi connectivity index (χ0n) is 15.9. The van der Waals surface area contributed by atoms with E-state index in [2.05, 4.69) is 15.2 Å². The number of aromatic amines is 1. The molecule has 156 valence electrons. The molecule has 0 atom stereocenters. The molecule has 0 aliphatic carbocycles. The Morgan fingerprint density at radius 1 is 1.00 bits per heavy atom. The van der Waals surface area contributed by atoms with Gasteiger partial charge in [-0.3, -0.25) is 9.89 Å². The van der Waals surface area contributed by atoms with Crippen LogP contribution in [0.5, 0.6) is 5.75 Å². The van der Waals surface area contributed by atoms with Crippen molar-refractivity contribution in [3.8, 4) is 28.3 Å². The van der Waals surface area contributed by atoms with Gasteiger partial charge in [0.05, 0.1) is 11.1 Å². The minimum atomic E-state index is -0.826. The molecule has 9 heteroatoms. The van der Waals surface area contributed by atoms with Crippen molar-refractivity contribution < 1.29 is 22.7 Å². The lowest BCUT2D eigenvalue weighted by Gasteiger charge is -2.16. The van der Waals surface area contributed by atoms with Crippen molar-refractivity contribution in [3.63, 3.8) is 0 Å². The monoisotopic (exact) mass is 424 g/mol. The molecule has 31 heavy (non-hydrogen) atoms. The minimum Gasteiger partial charge on any atom is -0.487 e. The summed E-state index contributed by atoms with van der Waals surface area (Å²) in [4.78, 5) is 15.4. The normalized spacial score (nSPS) is 10.8. The Labute approximate surface area is 174 Å². The lowest BCUT2D eigenvalue weighted by molar-refractivity contribution is 0.0991. The predicted molar refractivity (Wildman–Crippen MR) is 106 cm³/mol. The maximum atomic E-state index is 14.9. The number of hydrogen-bond acceptors (Lipinski definition) is 4. The Hall–Kier alpha value is -4.14. The van der Waals surface area contributed by atoms with Gasteiger partial charge in [-0.2, -0.15) is 5.10 Å². The van der Waals surface area contributed by atoms with Crippen LogP contribution in [0.4, 0.5) is 13.2 Å². The van der Waals surface area contributed by atoms with Crippen LogP contribution in [0.3, 0.4) is 0 Å². The molecule has 1 heterocycles. The van der Waals surface area contributed by atoms with E-state index in [0.29, 0.717) is 5.56 Å². The van der Waals surface area contributed by atoms with E-state index in [0.717, 1.165) is 18.2 Å². The average Bonchev–Trinajstić information content (AvgIpc) is 3.25. The maximum Gasteiger partial charge on any atom is 0.286 e. The number of benzene rings is 3. The van der Waals surface area contributed by atoms with Crippen molar-refractivity contribution in [2.45, 2.75) is 6.61 Å². The number of halogens is 3. The number of ether oxygens (including phenoxy) is 1. The average molecular weight is 424 g/mol. The van der Waals surface area contributed by atoms with Gasteiger partial charge in [-0.15, -0.1) is 0 Å². The van der Waals surface area contributed by atoms with E-state index in [1.807, 2.05) is 0 Å². The first-order valence-electron chi connectivity index (χ1n) is 9.11. The topological polar surface area (TPSA) is 93.9 Å². The van der Waals surface area contributed by atoms with Gasteiger partial charge in [0.25, 0.3) is 5.91 Å². The van der Waals surface area contributed by atoms with Crippen LogP contribution in [-0.2, 0) is 6.61 Å². The van der Waals surface area contributed by atoms with Crippen molar-refractivity contribution in [1.82, 2.24) is 15.2 Å². The minimum absolute atomic E-state index is 0.00452. The third kappa shape index (κ3) is 4.11. The molecule has 4 aromatic rings. The Morgan fingerprint density at radius 2 is 1.74 bits per heavy atom. The summed E-state index contributed by atoms with van der Waals surface area (Å²) in [6, 6.07) is 14.1. The molecule has 6 nitrogen and oxygen atoms in total. The Kier molecular flexibility index (Phi) is 5.40. The molecular formula is C22H15F3N4O2. The first-order valence-corrected chi connectivity index (χ1v) is 9.11. The van der Waals surface area contributed by atoms with Gasteiger partial charge in [0.1, 0.15) is 29.8 Å². The number of primary amides is 1. The zero-order chi connectivity index (χ0) is 22.0. The number of hydrogen-bond donors (Lipinski definition) is 2. The molecule has 1 aromatic heterocycles. The standard InChI is InChI=1S/C22H15F3N4O2/c23-14-6-8-16(24)13(10-14)11-31-19-15(21-27-22(20(26)30)29-28-21)7-9-17(25)18(19)12-4-2-1-3-5-12/h1-10H,11H2,(H2,26,30)(H,27,28,29). The quantitative estimate of drug-likeness (QED) is 0.484. The lowest BCUT2D eigenvalue weighted by atomic mass is 10.00. The van der Waals surface area contributed by atoms with Gasteiger partial charge in [0, 0.05) is 5.56 Å². The van der Waals surface area contributed by atoms with Gasteiger partial charge < -0.3 is 10.5 Å². The number of rotatable bonds is 6. The molecule has 0 fully saturated rings. The summed E-state index contributed by atoms with van der Waals surface area (Å²) in [5.41, 5.74) is 5.97. The van der Waals surface area contributed by atoms with Crippen LogP contribution in [0.25, 0.3) is 22.5 Å². The molecule has 0 radical (unpaired) electrons. The number of carbonyl (C=O) groups excluding carboxylic acids is 1. The zero-order valence-corrected chi connectivity index (χ0v) is 15.9. The number of aromatic nitrogens is 3. The van der Waals surface area contributed by atoms with Crippen LogP contribution in [0.15, 0.2) is 60.7 Å². The first-order chi connectivity index (χ1) is 14.9. The molecule has 0 unspecified atom stereocenters. The van der Waals surface area contributed by atoms with E-state index in [9.17, 15) is 18.0 Å². The summed E-state index contributed by atoms with van der Waals surface area (Å²) in [6.07, 6.45) is 0. The van der Waals surface area contributed by atoms with Crippen molar-refractivity contribution in [2.75, 3.05) is 0 Å². The smallest absolute Gasteiger partial charge is 0.286 e. The molecule has 0 saturated carbocycles. The van der Waals surface area contributed by atoms with Gasteiger partial charge in [-0.1, -0.05) is 30.3 Å². The summed E-state index contributed by atoms with van der Waals surface area (Å²) in [5, 5.41) is 6.35. The lowest BCUT2D eigenvalue weighted by Crippen LogP contribution is -2.12. The molecule has 0 spiro atoms. The summed E-state index contributed by atoms with van der Waals surface area (Å²) < 4.78 is 48.3. The van der Waals surface area contributed by atoms with Crippen LogP contribution in [0, 0.1) is 17.5 Å². The van der Waals surface area contributed by atoms with Crippen LogP contribution in [-0.4, -0.2) is 21.1 Å². The summed E-state index contributed by atoms with van der Waals surface area (Å²) >= 11 is 0. The van der Waals surface area contributed by atoms with Crippen molar-refractivity contribution in [1.29, 1.82) is 0 Å². The van der Waals surface area contributed by atoms with Crippen molar-refractivity contribution in [3.05, 3.63) is 89.5 Å². The van der Waals surface area contributed by atoms with E-state index in [-0.39, 0.29) is 40.7 Å². The van der Waals surface area contributed by atoms with Gasteiger partial charge in [-0.05, 0) is 35.9 Å². The van der Waals surface area contributed by atoms with Crippen LogP contribution < -0.4 is 10.5 Å². The van der Waals surface area contributed by atoms with Crippen molar-refractivity contribution in [2.24, 2.45) is 5.73 Å². The van der Waals surface area contributed by atoms with Crippen LogP contribution in [0.2, 0.25) is 0 Å². The molecular weight excluding hydrogens is 409 g/mol. The molecule has 0 bridgehead atoms. The summed E-state index contributed by atoms with van der Waals surface area (Å²) in [6.45, 7) is -0.382. The van der Waals surface area contributed by atoms with Crippen LogP contribution >= 0.6 is 0 Å². The highest BCUT2D eigenvalue weighted by Gasteiger charge is 2.22. The first kappa shape index (κ1) is 20.1. The number of amides is 1. The Bertz CT molecular complexity index is 1260. The highest BCUT2D eigenvalue weighted by Crippen LogP contribution is 2.40. The number of H-pyrrole nitrogens is 1. The molecule has 4 rings (SSSR count). The fourth-order valence-corrected chi connectivity index (χ4v) is 3.05. The van der Waals surface area contributed by atoms with Gasteiger partial charge in [-0.25, -0.2) is 18.2 Å². The summed E-state index contributed by atoms with van der Waals surface area (Å²) in [5.74, 6) is -2.89. The Balaban J connectivity index is 1.85. The van der Waals surface area contributed by atoms with E-state index >= 15 is 0 Å². The van der Waals surface area contributed by atoms with Gasteiger partial charge >= 0.3 is 0 Å². The van der Waals surface area contributed by atoms with E-state index < -0.39 is 23.4 Å². The van der Waals surface area contributed by atoms with Crippen molar-refractivity contribution >= 4 is 5.91 Å². The third-order valence-corrected chi connectivity index (χ3v) is 4.51. The number of nitrogens with one attached hydrogen (secondary N) is 1. The molecule has 0 aliphatic rings. The van der Waals surface area contributed by atoms with Gasteiger partial charge in [0.2, 0.25) is 5.82 Å². The largest absolute Gasteiger partial charge is 0.487 e. The van der Waals surface area contributed by atoms with Gasteiger partial charge in [0.15, 0.2) is 5.82 Å². The molecule has 0 aliphatic heterocycles. The highest BCUT2D eigenvalue weighted by molar-refractivity contribution is 5.89. The fraction of sp³-hybridized carbons (Fsp3) is 0.0455. The van der Waals surface area contributed by atoms with E-state index in [1.54, 1.807) is 30.3 Å².